The third-order valence-corrected chi connectivity index (χ3v) is 2.89. The fourth-order valence-corrected chi connectivity index (χ4v) is 1.75. The molecule has 1 aromatic carbocycles. The molecule has 1 rings (SSSR count). The molecule has 1 aromatic rings. The molecule has 0 radical (unpaired) electrons. The van der Waals surface area contributed by atoms with Crippen molar-refractivity contribution in [2.45, 2.75) is 26.7 Å². The summed E-state index contributed by atoms with van der Waals surface area (Å²) in [5.74, 6) is 0.479. The van der Waals surface area contributed by atoms with Gasteiger partial charge < -0.3 is 4.90 Å². The van der Waals surface area contributed by atoms with Crippen molar-refractivity contribution in [3.05, 3.63) is 29.8 Å². The van der Waals surface area contributed by atoms with Gasteiger partial charge in [0.05, 0.1) is 0 Å². The van der Waals surface area contributed by atoms with Crippen LogP contribution in [0.2, 0.25) is 0 Å². The van der Waals surface area contributed by atoms with Crippen molar-refractivity contribution in [2.75, 3.05) is 19.0 Å². The Hall–Kier alpha value is -1.31. The van der Waals surface area contributed by atoms with E-state index in [1.165, 1.54) is 11.3 Å². The van der Waals surface area contributed by atoms with Crippen LogP contribution in [0.1, 0.15) is 25.8 Å². The van der Waals surface area contributed by atoms with Gasteiger partial charge in [-0.25, -0.2) is 0 Å². The zero-order valence-electron chi connectivity index (χ0n) is 10.7. The molecule has 0 N–H and O–H groups in total. The second kappa shape index (κ2) is 5.69. The first-order chi connectivity index (χ1) is 7.54. The van der Waals surface area contributed by atoms with Crippen LogP contribution in [0.25, 0.3) is 0 Å². The Kier molecular flexibility index (Phi) is 4.53. The molecule has 1 atom stereocenters. The zero-order chi connectivity index (χ0) is 12.1. The maximum absolute atomic E-state index is 11.5. The van der Waals surface area contributed by atoms with Crippen molar-refractivity contribution in [2.24, 2.45) is 5.92 Å². The molecule has 88 valence electrons. The second-order valence-electron chi connectivity index (χ2n) is 4.49. The van der Waals surface area contributed by atoms with Gasteiger partial charge in [0.1, 0.15) is 5.78 Å². The van der Waals surface area contributed by atoms with E-state index >= 15 is 0 Å². The van der Waals surface area contributed by atoms with Gasteiger partial charge in [-0.15, -0.1) is 0 Å². The highest BCUT2D eigenvalue weighted by Gasteiger charge is 2.11. The fraction of sp³-hybridized carbons (Fsp3) is 0.500. The third kappa shape index (κ3) is 3.37. The number of anilines is 1. The maximum Gasteiger partial charge on any atom is 0.135 e. The summed E-state index contributed by atoms with van der Waals surface area (Å²) in [5, 5.41) is 0. The zero-order valence-corrected chi connectivity index (χ0v) is 10.7. The molecule has 0 fully saturated rings. The minimum absolute atomic E-state index is 0.134. The molecule has 0 aliphatic carbocycles. The lowest BCUT2D eigenvalue weighted by atomic mass is 9.96. The molecule has 0 aromatic heterocycles. The van der Waals surface area contributed by atoms with Crippen LogP contribution in [0.5, 0.6) is 0 Å². The standard InChI is InChI=1S/C14H21NO/c1-5-14(16)11(2)10-12-6-8-13(9-7-12)15(3)4/h6-9,11H,5,10H2,1-4H3. The highest BCUT2D eigenvalue weighted by atomic mass is 16.1. The minimum atomic E-state index is 0.134. The molecule has 1 unspecified atom stereocenters. The molecular weight excluding hydrogens is 198 g/mol. The van der Waals surface area contributed by atoms with Crippen molar-refractivity contribution < 1.29 is 4.79 Å². The highest BCUT2D eigenvalue weighted by Crippen LogP contribution is 2.16. The van der Waals surface area contributed by atoms with Crippen molar-refractivity contribution in [1.29, 1.82) is 0 Å². The largest absolute Gasteiger partial charge is 0.378 e. The van der Waals surface area contributed by atoms with Crippen LogP contribution in [0.3, 0.4) is 0 Å². The van der Waals surface area contributed by atoms with Crippen LogP contribution in [0, 0.1) is 5.92 Å². The van der Waals surface area contributed by atoms with Crippen LogP contribution < -0.4 is 4.90 Å². The molecule has 0 amide bonds. The molecule has 2 heteroatoms. The number of carbonyl (C=O) groups is 1. The quantitative estimate of drug-likeness (QED) is 0.759. The van der Waals surface area contributed by atoms with Gasteiger partial charge in [-0.1, -0.05) is 26.0 Å². The van der Waals surface area contributed by atoms with Crippen molar-refractivity contribution in [3.8, 4) is 0 Å². The third-order valence-electron chi connectivity index (χ3n) is 2.89. The Morgan fingerprint density at radius 3 is 2.25 bits per heavy atom. The normalized spacial score (nSPS) is 12.2. The van der Waals surface area contributed by atoms with Gasteiger partial charge in [0.15, 0.2) is 0 Å². The second-order valence-corrected chi connectivity index (χ2v) is 4.49. The lowest BCUT2D eigenvalue weighted by Gasteiger charge is -2.14. The smallest absolute Gasteiger partial charge is 0.135 e. The molecular formula is C14H21NO. The number of Topliss-reactive ketones (excluding diaryl/α,β-unsaturated/α-hetero) is 1. The first kappa shape index (κ1) is 12.8. The van der Waals surface area contributed by atoms with Gasteiger partial charge in [-0.3, -0.25) is 4.79 Å². The van der Waals surface area contributed by atoms with Gasteiger partial charge in [0.25, 0.3) is 0 Å². The summed E-state index contributed by atoms with van der Waals surface area (Å²) in [6.45, 7) is 3.93. The van der Waals surface area contributed by atoms with Crippen molar-refractivity contribution in [1.82, 2.24) is 0 Å². The van der Waals surface area contributed by atoms with Gasteiger partial charge in [-0.05, 0) is 24.1 Å². The SMILES string of the molecule is CCC(=O)C(C)Cc1ccc(N(C)C)cc1. The number of carbonyl (C=O) groups excluding carboxylic acids is 1. The van der Waals surface area contributed by atoms with E-state index in [1.54, 1.807) is 0 Å². The summed E-state index contributed by atoms with van der Waals surface area (Å²) in [6, 6.07) is 8.40. The van der Waals surface area contributed by atoms with E-state index in [1.807, 2.05) is 27.9 Å². The van der Waals surface area contributed by atoms with Crippen molar-refractivity contribution >= 4 is 11.5 Å². The van der Waals surface area contributed by atoms with E-state index in [2.05, 4.69) is 29.2 Å². The monoisotopic (exact) mass is 219 g/mol. The number of ketones is 1. The molecule has 2 nitrogen and oxygen atoms in total. The lowest BCUT2D eigenvalue weighted by molar-refractivity contribution is -0.122. The Balaban J connectivity index is 2.65. The molecule has 0 spiro atoms. The van der Waals surface area contributed by atoms with Crippen LogP contribution in [-0.2, 0) is 11.2 Å². The summed E-state index contributed by atoms with van der Waals surface area (Å²) in [5.41, 5.74) is 2.43. The van der Waals surface area contributed by atoms with Gasteiger partial charge >= 0.3 is 0 Å². The maximum atomic E-state index is 11.5. The Labute approximate surface area is 98.3 Å². The van der Waals surface area contributed by atoms with E-state index in [-0.39, 0.29) is 5.92 Å². The van der Waals surface area contributed by atoms with E-state index in [0.717, 1.165) is 6.42 Å². The van der Waals surface area contributed by atoms with Crippen LogP contribution >= 0.6 is 0 Å². The van der Waals surface area contributed by atoms with Gasteiger partial charge in [-0.2, -0.15) is 0 Å². The van der Waals surface area contributed by atoms with Crippen molar-refractivity contribution in [3.63, 3.8) is 0 Å². The summed E-state index contributed by atoms with van der Waals surface area (Å²) in [7, 11) is 4.05. The summed E-state index contributed by atoms with van der Waals surface area (Å²) in [6.07, 6.45) is 1.48. The van der Waals surface area contributed by atoms with Crippen LogP contribution in [-0.4, -0.2) is 19.9 Å². The average Bonchev–Trinajstić information content (AvgIpc) is 2.28. The van der Waals surface area contributed by atoms with Crippen LogP contribution in [0.4, 0.5) is 5.69 Å². The molecule has 16 heavy (non-hydrogen) atoms. The van der Waals surface area contributed by atoms with Crippen LogP contribution in [0.15, 0.2) is 24.3 Å². The number of hydrogen-bond acceptors (Lipinski definition) is 2. The average molecular weight is 219 g/mol. The Morgan fingerprint density at radius 1 is 1.25 bits per heavy atom. The lowest BCUT2D eigenvalue weighted by Crippen LogP contribution is -2.12. The molecule has 0 bridgehead atoms. The van der Waals surface area contributed by atoms with E-state index in [0.29, 0.717) is 12.2 Å². The summed E-state index contributed by atoms with van der Waals surface area (Å²) >= 11 is 0. The number of hydrogen-bond donors (Lipinski definition) is 0. The Bertz CT molecular complexity index is 340. The molecule has 0 aliphatic heterocycles. The predicted octanol–water partition coefficient (Wildman–Crippen LogP) is 2.91. The topological polar surface area (TPSA) is 20.3 Å². The first-order valence-corrected chi connectivity index (χ1v) is 5.83. The number of rotatable bonds is 5. The first-order valence-electron chi connectivity index (χ1n) is 5.83. The number of nitrogens with zero attached hydrogens (tertiary/aromatic N) is 1. The predicted molar refractivity (Wildman–Crippen MR) is 68.9 cm³/mol. The summed E-state index contributed by atoms with van der Waals surface area (Å²) in [4.78, 5) is 13.6. The Morgan fingerprint density at radius 2 is 1.81 bits per heavy atom. The molecule has 0 saturated carbocycles. The minimum Gasteiger partial charge on any atom is -0.378 e. The number of benzene rings is 1. The highest BCUT2D eigenvalue weighted by molar-refractivity contribution is 5.80. The molecule has 0 heterocycles. The summed E-state index contributed by atoms with van der Waals surface area (Å²) < 4.78 is 0. The molecule has 0 saturated heterocycles. The van der Waals surface area contributed by atoms with Gasteiger partial charge in [0, 0.05) is 32.1 Å². The van der Waals surface area contributed by atoms with E-state index in [9.17, 15) is 4.79 Å². The van der Waals surface area contributed by atoms with E-state index < -0.39 is 0 Å². The van der Waals surface area contributed by atoms with Gasteiger partial charge in [0.2, 0.25) is 0 Å². The molecule has 0 aliphatic rings. The van der Waals surface area contributed by atoms with E-state index in [4.69, 9.17) is 0 Å². The fourth-order valence-electron chi connectivity index (χ4n) is 1.75.